The Bertz CT molecular complexity index is 1900. The molecule has 3 heterocycles. The van der Waals surface area contributed by atoms with Crippen molar-refractivity contribution in [1.29, 1.82) is 0 Å². The standard InChI is InChI=1S/C36H32N6O5S3/c1-2-19-46-40-27(31-39-36(37)50-41-31)32(43)38-28-33(44)42-29(26(22-49-34(28)42)21-48-20-18-23-12-6-3-7-13-23)35(45)47-30(24-14-8-4-9-15-24)25-16-10-5-11-17-25/h2-18,20,28,30,34H,1,19,21-22H2,(H,38,43)(H2,37,39,41)/b20-18-,40-27+/t28?,34-/m1/s1. The number of β-lactam (4-membered cyclic amide) rings is 1. The summed E-state index contributed by atoms with van der Waals surface area (Å²) in [5, 5.41) is 8.16. The topological polar surface area (TPSA) is 149 Å². The third kappa shape index (κ3) is 7.99. The van der Waals surface area contributed by atoms with E-state index in [0.717, 1.165) is 33.8 Å². The minimum Gasteiger partial charge on any atom is -0.448 e. The van der Waals surface area contributed by atoms with Crippen LogP contribution >= 0.6 is 35.1 Å². The Morgan fingerprint density at radius 3 is 2.34 bits per heavy atom. The third-order valence-electron chi connectivity index (χ3n) is 7.59. The number of ether oxygens (including phenoxy) is 1. The van der Waals surface area contributed by atoms with Gasteiger partial charge in [0.2, 0.25) is 11.5 Å². The summed E-state index contributed by atoms with van der Waals surface area (Å²) in [5.41, 5.74) is 9.06. The van der Waals surface area contributed by atoms with Gasteiger partial charge in [0.25, 0.3) is 11.8 Å². The highest BCUT2D eigenvalue weighted by Gasteiger charge is 2.55. The first-order valence-electron chi connectivity index (χ1n) is 15.5. The second kappa shape index (κ2) is 16.5. The zero-order chi connectivity index (χ0) is 34.9. The average molecular weight is 725 g/mol. The molecule has 0 radical (unpaired) electrons. The Morgan fingerprint density at radius 1 is 1.06 bits per heavy atom. The molecule has 0 aliphatic carbocycles. The molecule has 0 bridgehead atoms. The normalized spacial score (nSPS) is 17.3. The summed E-state index contributed by atoms with van der Waals surface area (Å²) in [6.45, 7) is 3.61. The number of hydrogen-bond acceptors (Lipinski definition) is 12. The molecule has 254 valence electrons. The average Bonchev–Trinajstić information content (AvgIpc) is 3.59. The molecule has 50 heavy (non-hydrogen) atoms. The van der Waals surface area contributed by atoms with Gasteiger partial charge in [-0.1, -0.05) is 109 Å². The number of hydrogen-bond donors (Lipinski definition) is 2. The Balaban J connectivity index is 1.26. The fourth-order valence-electron chi connectivity index (χ4n) is 5.25. The predicted molar refractivity (Wildman–Crippen MR) is 198 cm³/mol. The molecule has 0 saturated carbocycles. The number of nitrogens with one attached hydrogen (secondary N) is 1. The molecular formula is C36H32N6O5S3. The Hall–Kier alpha value is -5.18. The van der Waals surface area contributed by atoms with Crippen molar-refractivity contribution in [2.24, 2.45) is 5.16 Å². The van der Waals surface area contributed by atoms with Gasteiger partial charge >= 0.3 is 5.97 Å². The Labute approximate surface area is 301 Å². The number of esters is 1. The maximum absolute atomic E-state index is 14.3. The highest BCUT2D eigenvalue weighted by molar-refractivity contribution is 8.02. The molecule has 14 heteroatoms. The van der Waals surface area contributed by atoms with Crippen LogP contribution in [0.5, 0.6) is 0 Å². The first-order valence-corrected chi connectivity index (χ1v) is 18.3. The van der Waals surface area contributed by atoms with E-state index in [1.165, 1.54) is 34.5 Å². The van der Waals surface area contributed by atoms with Crippen LogP contribution in [0, 0.1) is 0 Å². The second-order valence-corrected chi connectivity index (χ2v) is 13.7. The number of oxime groups is 1. The number of fused-ring (bicyclic) bond motifs is 1. The number of carbonyl (C=O) groups is 3. The number of thioether (sulfide) groups is 2. The van der Waals surface area contributed by atoms with E-state index < -0.39 is 35.3 Å². The van der Waals surface area contributed by atoms with E-state index in [1.807, 2.05) is 102 Å². The molecule has 2 atom stereocenters. The lowest BCUT2D eigenvalue weighted by molar-refractivity contribution is -0.154. The number of rotatable bonds is 14. The van der Waals surface area contributed by atoms with E-state index in [9.17, 15) is 14.4 Å². The van der Waals surface area contributed by atoms with E-state index in [0.29, 0.717) is 11.5 Å². The number of anilines is 1. The first-order chi connectivity index (χ1) is 24.4. The van der Waals surface area contributed by atoms with E-state index in [4.69, 9.17) is 15.3 Å². The van der Waals surface area contributed by atoms with Gasteiger partial charge in [-0.05, 0) is 33.7 Å². The SMILES string of the molecule is C=CCO/N=C(/C(=O)NC1C(=O)N2C(C(=O)OC(c3ccccc3)c3ccccc3)=C(CS/C=C\c3ccccc3)CS[C@H]12)c1nsc(N)n1. The number of nitrogen functional groups attached to an aromatic ring is 1. The number of carbonyl (C=O) groups excluding carboxylic acids is 3. The number of benzene rings is 3. The Morgan fingerprint density at radius 2 is 1.72 bits per heavy atom. The number of nitrogens with zero attached hydrogens (tertiary/aromatic N) is 4. The maximum atomic E-state index is 14.3. The van der Waals surface area contributed by atoms with Gasteiger partial charge in [-0.15, -0.1) is 23.5 Å². The van der Waals surface area contributed by atoms with Gasteiger partial charge < -0.3 is 20.6 Å². The molecular weight excluding hydrogens is 693 g/mol. The smallest absolute Gasteiger partial charge is 0.356 e. The lowest BCUT2D eigenvalue weighted by Gasteiger charge is -2.49. The van der Waals surface area contributed by atoms with Crippen LogP contribution in [0.4, 0.5) is 5.13 Å². The van der Waals surface area contributed by atoms with Gasteiger partial charge in [0.15, 0.2) is 11.2 Å². The highest BCUT2D eigenvalue weighted by atomic mass is 32.2. The fourth-order valence-corrected chi connectivity index (χ4v) is 7.95. The largest absolute Gasteiger partial charge is 0.448 e. The third-order valence-corrected chi connectivity index (χ3v) is 10.3. The van der Waals surface area contributed by atoms with Crippen LogP contribution in [0.1, 0.15) is 28.6 Å². The van der Waals surface area contributed by atoms with Crippen molar-refractivity contribution in [3.05, 3.63) is 143 Å². The van der Waals surface area contributed by atoms with Crippen molar-refractivity contribution in [3.8, 4) is 0 Å². The maximum Gasteiger partial charge on any atom is 0.356 e. The Kier molecular flexibility index (Phi) is 11.4. The van der Waals surface area contributed by atoms with Crippen molar-refractivity contribution in [2.75, 3.05) is 23.8 Å². The van der Waals surface area contributed by atoms with Crippen LogP contribution in [0.2, 0.25) is 0 Å². The zero-order valence-electron chi connectivity index (χ0n) is 26.6. The lowest BCUT2D eigenvalue weighted by atomic mass is 10.0. The summed E-state index contributed by atoms with van der Waals surface area (Å²) in [6.07, 6.45) is 2.75. The van der Waals surface area contributed by atoms with Crippen molar-refractivity contribution in [1.82, 2.24) is 19.6 Å². The molecule has 3 N–H and O–H groups in total. The summed E-state index contributed by atoms with van der Waals surface area (Å²) in [7, 11) is 0. The minimum atomic E-state index is -0.956. The summed E-state index contributed by atoms with van der Waals surface area (Å²) in [6, 6.07) is 27.8. The highest BCUT2D eigenvalue weighted by Crippen LogP contribution is 2.42. The van der Waals surface area contributed by atoms with Gasteiger partial charge in [-0.3, -0.25) is 14.5 Å². The van der Waals surface area contributed by atoms with E-state index >= 15 is 0 Å². The van der Waals surface area contributed by atoms with Crippen molar-refractivity contribution < 1.29 is 24.0 Å². The van der Waals surface area contributed by atoms with Crippen LogP contribution in [-0.4, -0.2) is 67.3 Å². The lowest BCUT2D eigenvalue weighted by Crippen LogP contribution is -2.71. The molecule has 1 saturated heterocycles. The zero-order valence-corrected chi connectivity index (χ0v) is 29.0. The van der Waals surface area contributed by atoms with Crippen LogP contribution in [-0.2, 0) is 24.0 Å². The molecule has 11 nitrogen and oxygen atoms in total. The van der Waals surface area contributed by atoms with Gasteiger partial charge in [0, 0.05) is 23.0 Å². The van der Waals surface area contributed by atoms with E-state index in [1.54, 1.807) is 0 Å². The molecule has 0 spiro atoms. The quantitative estimate of drug-likeness (QED) is 0.0432. The summed E-state index contributed by atoms with van der Waals surface area (Å²) < 4.78 is 10.3. The summed E-state index contributed by atoms with van der Waals surface area (Å²) in [4.78, 5) is 52.2. The summed E-state index contributed by atoms with van der Waals surface area (Å²) in [5.74, 6) is -0.960. The second-order valence-electron chi connectivity index (χ2n) is 10.9. The van der Waals surface area contributed by atoms with E-state index in [-0.39, 0.29) is 29.0 Å². The van der Waals surface area contributed by atoms with Gasteiger partial charge in [-0.2, -0.15) is 9.36 Å². The van der Waals surface area contributed by atoms with Crippen molar-refractivity contribution >= 4 is 69.8 Å². The molecule has 6 rings (SSSR count). The van der Waals surface area contributed by atoms with Gasteiger partial charge in [-0.25, -0.2) is 4.79 Å². The number of nitrogens with two attached hydrogens (primary N) is 1. The van der Waals surface area contributed by atoms with Gasteiger partial charge in [0.1, 0.15) is 23.7 Å². The number of aromatic nitrogens is 2. The van der Waals surface area contributed by atoms with Crippen LogP contribution in [0.15, 0.2) is 125 Å². The van der Waals surface area contributed by atoms with Crippen LogP contribution in [0.3, 0.4) is 0 Å². The molecule has 1 fully saturated rings. The molecule has 2 amide bonds. The molecule has 1 aromatic heterocycles. The van der Waals surface area contributed by atoms with Crippen molar-refractivity contribution in [2.45, 2.75) is 17.5 Å². The van der Waals surface area contributed by atoms with Crippen LogP contribution in [0.25, 0.3) is 6.08 Å². The molecule has 3 aromatic carbocycles. The fraction of sp³-hybridized carbons (Fsp3) is 0.167. The minimum absolute atomic E-state index is 0.0334. The van der Waals surface area contributed by atoms with E-state index in [2.05, 4.69) is 26.4 Å². The molecule has 1 unspecified atom stereocenters. The first kappa shape index (κ1) is 34.7. The predicted octanol–water partition coefficient (Wildman–Crippen LogP) is 5.42. The molecule has 2 aliphatic heterocycles. The summed E-state index contributed by atoms with van der Waals surface area (Å²) >= 11 is 3.86. The molecule has 4 aromatic rings. The monoisotopic (exact) mass is 724 g/mol. The van der Waals surface area contributed by atoms with Crippen molar-refractivity contribution in [3.63, 3.8) is 0 Å². The van der Waals surface area contributed by atoms with Gasteiger partial charge in [0.05, 0.1) is 0 Å². The van der Waals surface area contributed by atoms with Crippen LogP contribution < -0.4 is 11.1 Å². The molecule has 2 aliphatic rings. The number of amides is 2.